The van der Waals surface area contributed by atoms with Gasteiger partial charge in [0.15, 0.2) is 0 Å². The summed E-state index contributed by atoms with van der Waals surface area (Å²) < 4.78 is 1.71. The van der Waals surface area contributed by atoms with Crippen LogP contribution in [0.5, 0.6) is 0 Å². The zero-order chi connectivity index (χ0) is 14.9. The van der Waals surface area contributed by atoms with Gasteiger partial charge in [-0.25, -0.2) is 0 Å². The normalized spacial score (nSPS) is 18.9. The molecule has 1 atom stereocenters. The summed E-state index contributed by atoms with van der Waals surface area (Å²) in [4.78, 5) is 28.3. The van der Waals surface area contributed by atoms with Crippen molar-refractivity contribution in [2.45, 2.75) is 19.8 Å². The number of aromatic nitrogens is 2. The van der Waals surface area contributed by atoms with Crippen LogP contribution >= 0.6 is 0 Å². The highest BCUT2D eigenvalue weighted by Crippen LogP contribution is 2.31. The lowest BCUT2D eigenvalue weighted by molar-refractivity contribution is -0.388. The predicted molar refractivity (Wildman–Crippen MR) is 73.6 cm³/mol. The molecular formula is C12H19N5O3. The van der Waals surface area contributed by atoms with Crippen LogP contribution in [0.15, 0.2) is 0 Å². The van der Waals surface area contributed by atoms with E-state index in [1.165, 1.54) is 0 Å². The second-order valence-electron chi connectivity index (χ2n) is 5.02. The molecule has 110 valence electrons. The van der Waals surface area contributed by atoms with Crippen molar-refractivity contribution in [3.05, 3.63) is 15.9 Å². The SMILES string of the molecule is CNC(=O)C1CCCN(c2c([N+](=O)[O-])nc(C)n2C)C1. The molecule has 8 nitrogen and oxygen atoms in total. The second-order valence-corrected chi connectivity index (χ2v) is 5.02. The first-order chi connectivity index (χ1) is 9.45. The standard InChI is InChI=1S/C12H19N5O3/c1-8-14-10(17(19)20)12(15(8)3)16-6-4-5-9(7-16)11(18)13-2/h9H,4-7H2,1-3H3,(H,13,18). The highest BCUT2D eigenvalue weighted by atomic mass is 16.6. The average molecular weight is 281 g/mol. The van der Waals surface area contributed by atoms with Gasteiger partial charge in [-0.05, 0) is 22.7 Å². The van der Waals surface area contributed by atoms with Crippen LogP contribution < -0.4 is 10.2 Å². The van der Waals surface area contributed by atoms with Gasteiger partial charge in [0.05, 0.1) is 5.92 Å². The lowest BCUT2D eigenvalue weighted by Crippen LogP contribution is -2.43. The number of aryl methyl sites for hydroxylation is 1. The van der Waals surface area contributed by atoms with E-state index in [-0.39, 0.29) is 17.6 Å². The maximum absolute atomic E-state index is 11.8. The van der Waals surface area contributed by atoms with Crippen molar-refractivity contribution in [2.24, 2.45) is 13.0 Å². The molecule has 1 N–H and O–H groups in total. The number of carbonyl (C=O) groups excluding carboxylic acids is 1. The van der Waals surface area contributed by atoms with Gasteiger partial charge in [-0.3, -0.25) is 9.36 Å². The van der Waals surface area contributed by atoms with Crippen LogP contribution in [0.2, 0.25) is 0 Å². The Morgan fingerprint density at radius 3 is 2.85 bits per heavy atom. The molecule has 1 saturated heterocycles. The molecule has 0 aliphatic carbocycles. The molecule has 2 heterocycles. The third-order valence-electron chi connectivity index (χ3n) is 3.78. The summed E-state index contributed by atoms with van der Waals surface area (Å²) in [6.45, 7) is 2.92. The van der Waals surface area contributed by atoms with Gasteiger partial charge in [0.2, 0.25) is 17.5 Å². The topological polar surface area (TPSA) is 93.3 Å². The zero-order valence-corrected chi connectivity index (χ0v) is 11.9. The Morgan fingerprint density at radius 1 is 1.55 bits per heavy atom. The molecule has 0 radical (unpaired) electrons. The van der Waals surface area contributed by atoms with Crippen LogP contribution in [0.25, 0.3) is 0 Å². The summed E-state index contributed by atoms with van der Waals surface area (Å²) in [5.41, 5.74) is 0. The molecule has 2 rings (SSSR count). The highest BCUT2D eigenvalue weighted by Gasteiger charge is 2.33. The van der Waals surface area contributed by atoms with Crippen LogP contribution in [-0.2, 0) is 11.8 Å². The number of hydrogen-bond donors (Lipinski definition) is 1. The van der Waals surface area contributed by atoms with E-state index < -0.39 is 4.92 Å². The van der Waals surface area contributed by atoms with Gasteiger partial charge in [0, 0.05) is 34.1 Å². The van der Waals surface area contributed by atoms with E-state index in [4.69, 9.17) is 0 Å². The van der Waals surface area contributed by atoms with Crippen molar-refractivity contribution in [3.8, 4) is 0 Å². The highest BCUT2D eigenvalue weighted by molar-refractivity contribution is 5.79. The monoisotopic (exact) mass is 281 g/mol. The van der Waals surface area contributed by atoms with Crippen molar-refractivity contribution in [1.82, 2.24) is 14.9 Å². The van der Waals surface area contributed by atoms with Crippen LogP contribution in [0, 0.1) is 23.0 Å². The summed E-state index contributed by atoms with van der Waals surface area (Å²) in [6, 6.07) is 0. The minimum Gasteiger partial charge on any atom is -0.359 e. The summed E-state index contributed by atoms with van der Waals surface area (Å²) in [6.07, 6.45) is 1.64. The summed E-state index contributed by atoms with van der Waals surface area (Å²) in [5.74, 6) is 0.789. The molecule has 1 aliphatic heterocycles. The number of rotatable bonds is 3. The molecule has 1 aromatic rings. The number of nitro groups is 1. The summed E-state index contributed by atoms with van der Waals surface area (Å²) in [7, 11) is 3.37. The van der Waals surface area contributed by atoms with Crippen LogP contribution in [-0.4, -0.2) is 40.5 Å². The van der Waals surface area contributed by atoms with Crippen molar-refractivity contribution >= 4 is 17.5 Å². The van der Waals surface area contributed by atoms with Gasteiger partial charge in [0.1, 0.15) is 0 Å². The molecule has 0 spiro atoms. The molecule has 1 aliphatic rings. The number of hydrogen-bond acceptors (Lipinski definition) is 5. The molecule has 0 saturated carbocycles. The quantitative estimate of drug-likeness (QED) is 0.647. The molecule has 0 aromatic carbocycles. The number of anilines is 1. The fourth-order valence-corrected chi connectivity index (χ4v) is 2.65. The Labute approximate surface area is 116 Å². The molecule has 1 fully saturated rings. The zero-order valence-electron chi connectivity index (χ0n) is 11.9. The van der Waals surface area contributed by atoms with Gasteiger partial charge in [-0.15, -0.1) is 0 Å². The first-order valence-electron chi connectivity index (χ1n) is 6.60. The second kappa shape index (κ2) is 5.48. The third-order valence-corrected chi connectivity index (χ3v) is 3.78. The van der Waals surface area contributed by atoms with E-state index in [0.717, 1.165) is 12.8 Å². The fourth-order valence-electron chi connectivity index (χ4n) is 2.65. The molecular weight excluding hydrogens is 262 g/mol. The van der Waals surface area contributed by atoms with Gasteiger partial charge in [-0.2, -0.15) is 0 Å². The van der Waals surface area contributed by atoms with Crippen LogP contribution in [0.3, 0.4) is 0 Å². The third kappa shape index (κ3) is 2.45. The summed E-state index contributed by atoms with van der Waals surface area (Å²) >= 11 is 0. The van der Waals surface area contributed by atoms with E-state index in [0.29, 0.717) is 24.7 Å². The van der Waals surface area contributed by atoms with E-state index in [9.17, 15) is 14.9 Å². The molecule has 0 bridgehead atoms. The van der Waals surface area contributed by atoms with E-state index in [1.54, 1.807) is 25.6 Å². The number of imidazole rings is 1. The Kier molecular flexibility index (Phi) is 3.91. The maximum atomic E-state index is 11.8. The summed E-state index contributed by atoms with van der Waals surface area (Å²) in [5, 5.41) is 13.8. The van der Waals surface area contributed by atoms with Gasteiger partial charge in [-0.1, -0.05) is 0 Å². The lowest BCUT2D eigenvalue weighted by Gasteiger charge is -2.32. The minimum atomic E-state index is -0.466. The van der Waals surface area contributed by atoms with Gasteiger partial charge < -0.3 is 20.3 Å². The predicted octanol–water partition coefficient (Wildman–Crippen LogP) is 0.599. The molecule has 20 heavy (non-hydrogen) atoms. The first kappa shape index (κ1) is 14.3. The van der Waals surface area contributed by atoms with Crippen LogP contribution in [0.4, 0.5) is 11.6 Å². The van der Waals surface area contributed by atoms with E-state index >= 15 is 0 Å². The van der Waals surface area contributed by atoms with Crippen molar-refractivity contribution in [3.63, 3.8) is 0 Å². The first-order valence-corrected chi connectivity index (χ1v) is 6.60. The molecule has 8 heteroatoms. The Balaban J connectivity index is 2.31. The van der Waals surface area contributed by atoms with E-state index in [2.05, 4.69) is 10.3 Å². The number of amides is 1. The van der Waals surface area contributed by atoms with Crippen molar-refractivity contribution < 1.29 is 9.72 Å². The van der Waals surface area contributed by atoms with Gasteiger partial charge >= 0.3 is 5.82 Å². The lowest BCUT2D eigenvalue weighted by atomic mass is 9.97. The molecule has 1 amide bonds. The van der Waals surface area contributed by atoms with Crippen molar-refractivity contribution in [1.29, 1.82) is 0 Å². The largest absolute Gasteiger partial charge is 0.406 e. The fraction of sp³-hybridized carbons (Fsp3) is 0.667. The number of carbonyl (C=O) groups is 1. The van der Waals surface area contributed by atoms with Crippen LogP contribution in [0.1, 0.15) is 18.7 Å². The van der Waals surface area contributed by atoms with E-state index in [1.807, 2.05) is 4.90 Å². The Bertz CT molecular complexity index is 539. The number of nitrogens with zero attached hydrogens (tertiary/aromatic N) is 4. The number of nitrogens with one attached hydrogen (secondary N) is 1. The number of piperidine rings is 1. The average Bonchev–Trinajstić information content (AvgIpc) is 2.74. The molecule has 1 unspecified atom stereocenters. The maximum Gasteiger partial charge on any atom is 0.406 e. The Morgan fingerprint density at radius 2 is 2.25 bits per heavy atom. The minimum absolute atomic E-state index is 0.0174. The smallest absolute Gasteiger partial charge is 0.359 e. The van der Waals surface area contributed by atoms with Gasteiger partial charge in [0.25, 0.3) is 0 Å². The van der Waals surface area contributed by atoms with Crippen molar-refractivity contribution in [2.75, 3.05) is 25.0 Å². The molecule has 1 aromatic heterocycles. The Hall–Kier alpha value is -2.12.